The minimum Gasteiger partial charge on any atom is -0.398 e. The molecule has 1 fully saturated rings. The maximum absolute atomic E-state index is 13.1. The Labute approximate surface area is 117 Å². The van der Waals surface area contributed by atoms with Gasteiger partial charge in [0.25, 0.3) is 0 Å². The Morgan fingerprint density at radius 3 is 2.85 bits per heavy atom. The third kappa shape index (κ3) is 2.37. The van der Waals surface area contributed by atoms with Gasteiger partial charge in [0.05, 0.1) is 6.54 Å². The van der Waals surface area contributed by atoms with E-state index in [1.807, 2.05) is 0 Å². The van der Waals surface area contributed by atoms with Crippen LogP contribution in [0.2, 0.25) is 0 Å². The van der Waals surface area contributed by atoms with Gasteiger partial charge in [-0.25, -0.2) is 9.07 Å². The van der Waals surface area contributed by atoms with Gasteiger partial charge in [-0.2, -0.15) is 0 Å². The number of anilines is 1. The van der Waals surface area contributed by atoms with E-state index < -0.39 is 0 Å². The van der Waals surface area contributed by atoms with E-state index in [0.717, 1.165) is 13.0 Å². The molecule has 0 amide bonds. The number of benzene rings is 1. The fraction of sp³-hybridized carbons (Fsp3) is 0.500. The van der Waals surface area contributed by atoms with Crippen LogP contribution < -0.4 is 5.73 Å². The second-order valence-electron chi connectivity index (χ2n) is 5.64. The molecular weight excluding hydrogens is 257 g/mol. The summed E-state index contributed by atoms with van der Waals surface area (Å²) in [6.07, 6.45) is 4.79. The van der Waals surface area contributed by atoms with Crippen LogP contribution >= 0.6 is 0 Å². The van der Waals surface area contributed by atoms with Crippen molar-refractivity contribution in [1.82, 2.24) is 20.2 Å². The molecule has 1 aromatic carbocycles. The monoisotopic (exact) mass is 275 g/mol. The van der Waals surface area contributed by atoms with Crippen LogP contribution in [0.1, 0.15) is 32.6 Å². The molecule has 20 heavy (non-hydrogen) atoms. The van der Waals surface area contributed by atoms with Crippen LogP contribution in [0.5, 0.6) is 0 Å². The molecule has 0 atom stereocenters. The van der Waals surface area contributed by atoms with Crippen molar-refractivity contribution in [3.63, 3.8) is 0 Å². The Morgan fingerprint density at radius 1 is 1.40 bits per heavy atom. The number of hydrogen-bond donors (Lipinski definition) is 1. The summed E-state index contributed by atoms with van der Waals surface area (Å²) >= 11 is 0. The highest BCUT2D eigenvalue weighted by atomic mass is 19.1. The van der Waals surface area contributed by atoms with Gasteiger partial charge in [-0.3, -0.25) is 0 Å². The third-order valence-corrected chi connectivity index (χ3v) is 4.01. The van der Waals surface area contributed by atoms with Gasteiger partial charge in [-0.05, 0) is 53.3 Å². The number of nitrogens with zero attached hydrogens (tertiary/aromatic N) is 4. The Kier molecular flexibility index (Phi) is 3.16. The lowest BCUT2D eigenvalue weighted by Gasteiger charge is -2.15. The predicted octanol–water partition coefficient (Wildman–Crippen LogP) is 2.64. The fourth-order valence-corrected chi connectivity index (χ4v) is 2.75. The van der Waals surface area contributed by atoms with E-state index in [9.17, 15) is 4.39 Å². The molecule has 0 radical (unpaired) electrons. The number of hydrogen-bond acceptors (Lipinski definition) is 4. The van der Waals surface area contributed by atoms with Crippen LogP contribution in [-0.2, 0) is 6.54 Å². The maximum atomic E-state index is 13.1. The molecule has 1 heterocycles. The van der Waals surface area contributed by atoms with Crippen LogP contribution in [-0.4, -0.2) is 20.2 Å². The molecular formula is C14H18FN5. The summed E-state index contributed by atoms with van der Waals surface area (Å²) in [4.78, 5) is 0. The molecule has 5 nitrogen and oxygen atoms in total. The van der Waals surface area contributed by atoms with Crippen molar-refractivity contribution in [2.45, 2.75) is 39.2 Å². The lowest BCUT2D eigenvalue weighted by molar-refractivity contribution is 0.365. The summed E-state index contributed by atoms with van der Waals surface area (Å²) in [6.45, 7) is 3.00. The molecule has 0 aliphatic heterocycles. The molecule has 0 saturated heterocycles. The molecule has 0 bridgehead atoms. The summed E-state index contributed by atoms with van der Waals surface area (Å²) in [5, 5.41) is 11.9. The first kappa shape index (κ1) is 13.0. The second-order valence-corrected chi connectivity index (χ2v) is 5.64. The summed E-state index contributed by atoms with van der Waals surface area (Å²) in [5.41, 5.74) is 7.26. The van der Waals surface area contributed by atoms with Crippen LogP contribution in [0.25, 0.3) is 11.4 Å². The van der Waals surface area contributed by atoms with E-state index in [-0.39, 0.29) is 5.82 Å². The van der Waals surface area contributed by atoms with Crippen molar-refractivity contribution >= 4 is 5.69 Å². The zero-order valence-electron chi connectivity index (χ0n) is 11.5. The maximum Gasteiger partial charge on any atom is 0.184 e. The van der Waals surface area contributed by atoms with Crippen LogP contribution in [0.4, 0.5) is 10.1 Å². The summed E-state index contributed by atoms with van der Waals surface area (Å²) in [7, 11) is 0. The van der Waals surface area contributed by atoms with Gasteiger partial charge >= 0.3 is 0 Å². The Balaban J connectivity index is 1.90. The van der Waals surface area contributed by atoms with Gasteiger partial charge in [-0.1, -0.05) is 13.3 Å². The number of aromatic nitrogens is 4. The molecule has 6 heteroatoms. The number of nitrogens with two attached hydrogens (primary N) is 1. The summed E-state index contributed by atoms with van der Waals surface area (Å²) in [5.74, 6) is 0.264. The topological polar surface area (TPSA) is 69.6 Å². The van der Waals surface area contributed by atoms with Crippen LogP contribution in [0, 0.1) is 11.2 Å². The van der Waals surface area contributed by atoms with Crippen LogP contribution in [0.15, 0.2) is 18.2 Å². The first-order valence-electron chi connectivity index (χ1n) is 6.95. The van der Waals surface area contributed by atoms with E-state index in [2.05, 4.69) is 22.4 Å². The van der Waals surface area contributed by atoms with Crippen molar-refractivity contribution in [1.29, 1.82) is 0 Å². The highest BCUT2D eigenvalue weighted by Crippen LogP contribution is 2.51. The number of tetrazole rings is 1. The normalized spacial score (nSPS) is 16.3. The van der Waals surface area contributed by atoms with E-state index in [1.165, 1.54) is 31.4 Å². The van der Waals surface area contributed by atoms with E-state index in [0.29, 0.717) is 22.5 Å². The minimum absolute atomic E-state index is 0.341. The van der Waals surface area contributed by atoms with Gasteiger partial charge in [0, 0.05) is 11.3 Å². The zero-order valence-corrected chi connectivity index (χ0v) is 11.5. The average molecular weight is 275 g/mol. The smallest absolute Gasteiger partial charge is 0.184 e. The number of rotatable bonds is 5. The first-order chi connectivity index (χ1) is 9.63. The van der Waals surface area contributed by atoms with Crippen molar-refractivity contribution in [3.8, 4) is 11.4 Å². The molecule has 1 aromatic heterocycles. The summed E-state index contributed by atoms with van der Waals surface area (Å²) < 4.78 is 14.9. The van der Waals surface area contributed by atoms with Gasteiger partial charge in [-0.15, -0.1) is 5.10 Å². The molecule has 2 aromatic rings. The largest absolute Gasteiger partial charge is 0.398 e. The SMILES string of the molecule is CCCC1(Cn2nnnc2-c2ccc(F)cc2N)CC1. The highest BCUT2D eigenvalue weighted by Gasteiger charge is 2.42. The molecule has 3 rings (SSSR count). The summed E-state index contributed by atoms with van der Waals surface area (Å²) in [6, 6.07) is 4.31. The molecule has 1 aliphatic rings. The molecule has 1 saturated carbocycles. The van der Waals surface area contributed by atoms with E-state index >= 15 is 0 Å². The van der Waals surface area contributed by atoms with Crippen molar-refractivity contribution in [2.75, 3.05) is 5.73 Å². The van der Waals surface area contributed by atoms with Crippen LogP contribution in [0.3, 0.4) is 0 Å². The Hall–Kier alpha value is -1.98. The third-order valence-electron chi connectivity index (χ3n) is 4.01. The quantitative estimate of drug-likeness (QED) is 0.852. The molecule has 1 aliphatic carbocycles. The zero-order chi connectivity index (χ0) is 14.2. The highest BCUT2D eigenvalue weighted by molar-refractivity contribution is 5.71. The number of halogens is 1. The second kappa shape index (κ2) is 4.85. The van der Waals surface area contributed by atoms with Crippen molar-refractivity contribution in [2.24, 2.45) is 5.41 Å². The first-order valence-corrected chi connectivity index (χ1v) is 6.95. The van der Waals surface area contributed by atoms with Gasteiger partial charge < -0.3 is 5.73 Å². The molecule has 2 N–H and O–H groups in total. The average Bonchev–Trinajstić information content (AvgIpc) is 3.00. The predicted molar refractivity (Wildman–Crippen MR) is 74.2 cm³/mol. The molecule has 106 valence electrons. The Bertz CT molecular complexity index is 618. The molecule has 0 spiro atoms. The van der Waals surface area contributed by atoms with Crippen molar-refractivity contribution < 1.29 is 4.39 Å². The Morgan fingerprint density at radius 2 is 2.20 bits per heavy atom. The van der Waals surface area contributed by atoms with E-state index in [4.69, 9.17) is 5.73 Å². The lowest BCUT2D eigenvalue weighted by atomic mass is 10.0. The van der Waals surface area contributed by atoms with E-state index in [1.54, 1.807) is 10.7 Å². The number of nitrogen functional groups attached to an aromatic ring is 1. The van der Waals surface area contributed by atoms with Gasteiger partial charge in [0.15, 0.2) is 5.82 Å². The standard InChI is InChI=1S/C14H18FN5/c1-2-5-14(6-7-14)9-20-13(17-18-19-20)11-4-3-10(15)8-12(11)16/h3-4,8H,2,5-7,9,16H2,1H3. The molecule has 0 unspecified atom stereocenters. The van der Waals surface area contributed by atoms with Crippen molar-refractivity contribution in [3.05, 3.63) is 24.0 Å². The van der Waals surface area contributed by atoms with Gasteiger partial charge in [0.2, 0.25) is 0 Å². The fourth-order valence-electron chi connectivity index (χ4n) is 2.75. The van der Waals surface area contributed by atoms with Gasteiger partial charge in [0.1, 0.15) is 5.82 Å². The lowest BCUT2D eigenvalue weighted by Crippen LogP contribution is -2.14. The minimum atomic E-state index is -0.352.